The molecule has 1 saturated heterocycles. The highest BCUT2D eigenvalue weighted by Crippen LogP contribution is 2.61. The predicted octanol–water partition coefficient (Wildman–Crippen LogP) is -2.44. The molecule has 3 heterocycles. The van der Waals surface area contributed by atoms with Crippen molar-refractivity contribution in [3.05, 3.63) is 16.8 Å². The number of amides is 1. The summed E-state index contributed by atoms with van der Waals surface area (Å²) in [5, 5.41) is 13.1. The molecule has 0 aliphatic carbocycles. The summed E-state index contributed by atoms with van der Waals surface area (Å²) in [5.41, 5.74) is 5.79. The van der Waals surface area contributed by atoms with E-state index in [1.807, 2.05) is 0 Å². The van der Waals surface area contributed by atoms with Crippen LogP contribution in [0, 0.1) is 11.6 Å². The fourth-order valence-electron chi connectivity index (χ4n) is 3.24. The first-order chi connectivity index (χ1) is 17.5. The van der Waals surface area contributed by atoms with Crippen molar-refractivity contribution in [1.29, 1.82) is 0 Å². The van der Waals surface area contributed by atoms with Crippen molar-refractivity contribution in [1.82, 2.24) is 24.8 Å². The lowest BCUT2D eigenvalue weighted by Gasteiger charge is -2.33. The fourth-order valence-corrected chi connectivity index (χ4v) is 6.42. The molecule has 0 aromatic carbocycles. The van der Waals surface area contributed by atoms with Crippen LogP contribution in [0.25, 0.3) is 11.2 Å². The number of aliphatic hydroxyl groups is 1. The zero-order valence-corrected chi connectivity index (χ0v) is 22.5. The summed E-state index contributed by atoms with van der Waals surface area (Å²) in [5.74, 6) is 0.375. The van der Waals surface area contributed by atoms with Gasteiger partial charge >= 0.3 is 6.09 Å². The summed E-state index contributed by atoms with van der Waals surface area (Å²) in [6.45, 7) is 0.566. The van der Waals surface area contributed by atoms with Gasteiger partial charge in [0.05, 0.1) is 12.9 Å². The minimum Gasteiger partial charge on any atom is -0.756 e. The average molecular weight is 621 g/mol. The number of alkyl carbamates (subject to hydrolysis) is 1. The highest BCUT2D eigenvalue weighted by molar-refractivity contribution is 7.71. The number of phosphoric ester groups is 1. The van der Waals surface area contributed by atoms with Crippen LogP contribution in [0.5, 0.6) is 0 Å². The van der Waals surface area contributed by atoms with Gasteiger partial charge in [0.15, 0.2) is 17.0 Å². The molecule has 1 aliphatic rings. The molecular formula is C14H20N6O14P3S-3. The number of rotatable bonds is 11. The highest BCUT2D eigenvalue weighted by atomic mass is 32.1. The fraction of sp³-hybridized carbons (Fsp3) is 0.571. The number of hydrogen-bond donors (Lipinski definition) is 5. The van der Waals surface area contributed by atoms with E-state index in [-0.39, 0.29) is 28.9 Å². The van der Waals surface area contributed by atoms with Crippen LogP contribution in [0.2, 0.25) is 0 Å². The second-order valence-electron chi connectivity index (χ2n) is 7.44. The quantitative estimate of drug-likeness (QED) is 0.128. The largest absolute Gasteiger partial charge is 0.756 e. The summed E-state index contributed by atoms with van der Waals surface area (Å²) in [6.07, 6.45) is -6.05. The molecule has 7 atom stereocenters. The van der Waals surface area contributed by atoms with Crippen molar-refractivity contribution < 1.29 is 65.8 Å². The number of aromatic amines is 1. The van der Waals surface area contributed by atoms with Crippen LogP contribution in [0.3, 0.4) is 0 Å². The first-order valence-corrected chi connectivity index (χ1v) is 15.0. The van der Waals surface area contributed by atoms with Crippen LogP contribution >= 0.6 is 35.7 Å². The normalized spacial score (nSPS) is 26.4. The summed E-state index contributed by atoms with van der Waals surface area (Å²) in [7, 11) is -17.9. The standard InChI is InChI=1S/C14H23N6O14P3S/c1-6-18-11-8(12(38)19-6)17-5-20(11)13-10(32-14(22)16-3-2-15)9(21)7(31-13)4-30-36(26,27)34-37(28,29)33-35(23,24)25/h5,7,9-10,13,21H,2-4,15H2,1H3,(H,16,22)(H,26,27)(H,28,29)(H,18,19,38)(H2,23,24,25)/p-3/t7-,9?,10+,13-/m1/s1. The predicted molar refractivity (Wildman–Crippen MR) is 118 cm³/mol. The van der Waals surface area contributed by atoms with E-state index in [1.54, 1.807) is 6.92 Å². The number of carbonyl (C=O) groups is 1. The Labute approximate surface area is 217 Å². The Hall–Kier alpha value is -1.67. The molecule has 0 radical (unpaired) electrons. The van der Waals surface area contributed by atoms with Gasteiger partial charge in [-0.1, -0.05) is 12.2 Å². The van der Waals surface area contributed by atoms with Crippen molar-refractivity contribution in [2.75, 3.05) is 19.7 Å². The molecule has 0 spiro atoms. The molecule has 38 heavy (non-hydrogen) atoms. The third-order valence-corrected chi connectivity index (χ3v) is 8.58. The number of fused-ring (bicyclic) bond motifs is 1. The molecule has 4 unspecified atom stereocenters. The zero-order chi connectivity index (χ0) is 28.5. The maximum atomic E-state index is 12.2. The van der Waals surface area contributed by atoms with Gasteiger partial charge in [-0.25, -0.2) is 23.4 Å². The molecule has 1 amide bonds. The van der Waals surface area contributed by atoms with E-state index < -0.39 is 60.7 Å². The molecule has 214 valence electrons. The van der Waals surface area contributed by atoms with Crippen molar-refractivity contribution in [3.8, 4) is 0 Å². The first-order valence-electron chi connectivity index (χ1n) is 10.2. The van der Waals surface area contributed by atoms with Gasteiger partial charge in [-0.2, -0.15) is 0 Å². The van der Waals surface area contributed by atoms with E-state index >= 15 is 0 Å². The Balaban J connectivity index is 1.84. The molecule has 6 N–H and O–H groups in total. The van der Waals surface area contributed by atoms with Crippen LogP contribution in [-0.2, 0) is 36.3 Å². The van der Waals surface area contributed by atoms with Gasteiger partial charge in [0.1, 0.15) is 29.2 Å². The van der Waals surface area contributed by atoms with E-state index in [1.165, 1.54) is 10.9 Å². The number of carbonyl (C=O) groups excluding carboxylic acids is 1. The number of ether oxygens (including phenoxy) is 2. The molecule has 1 fully saturated rings. The third kappa shape index (κ3) is 7.93. The van der Waals surface area contributed by atoms with Gasteiger partial charge in [0.2, 0.25) is 0 Å². The van der Waals surface area contributed by atoms with Gasteiger partial charge in [0, 0.05) is 13.1 Å². The molecule has 1 aliphatic heterocycles. The lowest BCUT2D eigenvalue weighted by Crippen LogP contribution is -2.41. The smallest absolute Gasteiger partial charge is 0.407 e. The number of imidazole rings is 1. The number of hydrogen-bond acceptors (Lipinski definition) is 17. The second-order valence-corrected chi connectivity index (χ2v) is 12.1. The lowest BCUT2D eigenvalue weighted by molar-refractivity contribution is -0.250. The average Bonchev–Trinajstić information content (AvgIpc) is 3.29. The van der Waals surface area contributed by atoms with E-state index in [2.05, 4.69) is 33.4 Å². The minimum atomic E-state index is -6.14. The maximum absolute atomic E-state index is 12.2. The van der Waals surface area contributed by atoms with Gasteiger partial charge in [-0.05, 0) is 6.92 Å². The van der Waals surface area contributed by atoms with E-state index in [0.29, 0.717) is 5.82 Å². The maximum Gasteiger partial charge on any atom is 0.407 e. The number of nitrogens with one attached hydrogen (secondary N) is 2. The summed E-state index contributed by atoms with van der Waals surface area (Å²) >= 11 is 5.17. The summed E-state index contributed by atoms with van der Waals surface area (Å²) in [4.78, 5) is 65.5. The van der Waals surface area contributed by atoms with Crippen LogP contribution in [0.15, 0.2) is 6.33 Å². The van der Waals surface area contributed by atoms with Gasteiger partial charge in [0.25, 0.3) is 23.5 Å². The van der Waals surface area contributed by atoms with Gasteiger partial charge in [-0.15, -0.1) is 0 Å². The monoisotopic (exact) mass is 621 g/mol. The minimum absolute atomic E-state index is 0.0177. The Morgan fingerprint density at radius 2 is 2.00 bits per heavy atom. The molecule has 3 rings (SSSR count). The van der Waals surface area contributed by atoms with Crippen LogP contribution in [0.1, 0.15) is 12.1 Å². The molecule has 0 bridgehead atoms. The number of aromatic nitrogens is 4. The molecule has 2 aromatic rings. The topological polar surface area (TPSA) is 309 Å². The Morgan fingerprint density at radius 3 is 2.63 bits per heavy atom. The van der Waals surface area contributed by atoms with Crippen molar-refractivity contribution in [3.63, 3.8) is 0 Å². The Bertz CT molecular complexity index is 1380. The SMILES string of the molecule is Cc1nc(=S)c2ncn([C@@H]3O[C@H](COP(=O)([O-])OP(=O)([O-])OP(=O)([O-])O)C(O)[C@@H]3OC(=O)NCCN)c2[nH]1. The Kier molecular flexibility index (Phi) is 9.61. The number of H-pyrrole nitrogens is 1. The van der Waals surface area contributed by atoms with E-state index in [4.69, 9.17) is 32.3 Å². The molecular weight excluding hydrogens is 601 g/mol. The number of aryl methyl sites for hydroxylation is 1. The van der Waals surface area contributed by atoms with E-state index in [9.17, 15) is 38.3 Å². The number of phosphoric acid groups is 3. The van der Waals surface area contributed by atoms with E-state index in [0.717, 1.165) is 0 Å². The first kappa shape index (κ1) is 30.9. The van der Waals surface area contributed by atoms with Crippen molar-refractivity contribution >= 4 is 52.9 Å². The molecule has 24 heteroatoms. The molecule has 0 saturated carbocycles. The van der Waals surface area contributed by atoms with Gasteiger partial charge < -0.3 is 54.7 Å². The zero-order valence-electron chi connectivity index (χ0n) is 19.0. The van der Waals surface area contributed by atoms with Gasteiger partial charge in [-0.3, -0.25) is 18.3 Å². The Morgan fingerprint density at radius 1 is 1.32 bits per heavy atom. The second kappa shape index (κ2) is 11.8. The molecule has 2 aromatic heterocycles. The summed E-state index contributed by atoms with van der Waals surface area (Å²) < 4.78 is 57.3. The lowest BCUT2D eigenvalue weighted by atomic mass is 10.1. The summed E-state index contributed by atoms with van der Waals surface area (Å²) in [6, 6.07) is 0. The molecule has 20 nitrogen and oxygen atoms in total. The van der Waals surface area contributed by atoms with Crippen LogP contribution in [0.4, 0.5) is 4.79 Å². The van der Waals surface area contributed by atoms with Crippen molar-refractivity contribution in [2.45, 2.75) is 31.5 Å². The van der Waals surface area contributed by atoms with Crippen molar-refractivity contribution in [2.24, 2.45) is 5.73 Å². The number of nitrogens with two attached hydrogens (primary N) is 1. The van der Waals surface area contributed by atoms with Crippen LogP contribution in [-0.4, -0.2) is 73.6 Å². The van der Waals surface area contributed by atoms with Crippen LogP contribution < -0.4 is 25.7 Å². The number of aliphatic hydroxyl groups excluding tert-OH is 1. The number of nitrogens with zero attached hydrogens (tertiary/aromatic N) is 3. The third-order valence-electron chi connectivity index (χ3n) is 4.61. The highest BCUT2D eigenvalue weighted by Gasteiger charge is 2.48.